The molecular formula is C20H27N7O2. The zero-order valence-corrected chi connectivity index (χ0v) is 16.8. The second-order valence-corrected chi connectivity index (χ2v) is 7.36. The summed E-state index contributed by atoms with van der Waals surface area (Å²) in [5, 5.41) is 2.96. The molecule has 0 bridgehead atoms. The van der Waals surface area contributed by atoms with Gasteiger partial charge in [-0.05, 0) is 24.7 Å². The van der Waals surface area contributed by atoms with Crippen LogP contribution in [0.3, 0.4) is 0 Å². The fourth-order valence-electron chi connectivity index (χ4n) is 3.49. The molecular weight excluding hydrogens is 370 g/mol. The number of anilines is 2. The van der Waals surface area contributed by atoms with Crippen LogP contribution in [-0.2, 0) is 11.3 Å². The zero-order chi connectivity index (χ0) is 20.1. The summed E-state index contributed by atoms with van der Waals surface area (Å²) in [6.45, 7) is 7.28. The van der Waals surface area contributed by atoms with E-state index in [2.05, 4.69) is 42.0 Å². The molecule has 2 saturated heterocycles. The number of ether oxygens (including phenoxy) is 1. The Morgan fingerprint density at radius 2 is 1.72 bits per heavy atom. The second-order valence-electron chi connectivity index (χ2n) is 7.36. The number of nitrogens with one attached hydrogen (secondary N) is 1. The van der Waals surface area contributed by atoms with Crippen molar-refractivity contribution in [2.24, 2.45) is 0 Å². The third-order valence-corrected chi connectivity index (χ3v) is 5.31. The van der Waals surface area contributed by atoms with Gasteiger partial charge in [-0.1, -0.05) is 0 Å². The van der Waals surface area contributed by atoms with Gasteiger partial charge >= 0.3 is 0 Å². The quantitative estimate of drug-likeness (QED) is 0.776. The van der Waals surface area contributed by atoms with Crippen LogP contribution in [0.4, 0.5) is 11.6 Å². The van der Waals surface area contributed by atoms with E-state index in [1.165, 1.54) is 6.33 Å². The highest BCUT2D eigenvalue weighted by Gasteiger charge is 2.18. The number of carbonyl (C=O) groups is 1. The molecule has 154 valence electrons. The number of pyridine rings is 1. The Hall–Kier alpha value is -2.78. The fraction of sp³-hybridized carbons (Fsp3) is 0.500. The van der Waals surface area contributed by atoms with Crippen molar-refractivity contribution in [3.8, 4) is 0 Å². The van der Waals surface area contributed by atoms with Crippen LogP contribution in [0, 0.1) is 0 Å². The third-order valence-electron chi connectivity index (χ3n) is 5.31. The SMILES string of the molecule is CN1CCN(c2cc(C(=O)NCc3ccnc(N4CCOCC4)c3)ncn2)CC1. The number of amides is 1. The van der Waals surface area contributed by atoms with E-state index in [9.17, 15) is 4.79 Å². The van der Waals surface area contributed by atoms with Gasteiger partial charge in [0.25, 0.3) is 5.91 Å². The topological polar surface area (TPSA) is 86.7 Å². The summed E-state index contributed by atoms with van der Waals surface area (Å²) >= 11 is 0. The highest BCUT2D eigenvalue weighted by atomic mass is 16.5. The monoisotopic (exact) mass is 397 g/mol. The molecule has 0 radical (unpaired) electrons. The van der Waals surface area contributed by atoms with Gasteiger partial charge in [0.05, 0.1) is 13.2 Å². The summed E-state index contributed by atoms with van der Waals surface area (Å²) < 4.78 is 5.39. The number of hydrogen-bond acceptors (Lipinski definition) is 8. The molecule has 9 heteroatoms. The van der Waals surface area contributed by atoms with Gasteiger partial charge in [-0.15, -0.1) is 0 Å². The molecule has 2 fully saturated rings. The van der Waals surface area contributed by atoms with Crippen LogP contribution in [0.15, 0.2) is 30.7 Å². The van der Waals surface area contributed by atoms with Gasteiger partial charge in [-0.3, -0.25) is 4.79 Å². The Morgan fingerprint density at radius 3 is 2.52 bits per heavy atom. The summed E-state index contributed by atoms with van der Waals surface area (Å²) in [5.74, 6) is 1.52. The molecule has 0 atom stereocenters. The van der Waals surface area contributed by atoms with Crippen molar-refractivity contribution < 1.29 is 9.53 Å². The Balaban J connectivity index is 1.37. The molecule has 2 aromatic heterocycles. The molecule has 2 aliphatic rings. The fourth-order valence-corrected chi connectivity index (χ4v) is 3.49. The van der Waals surface area contributed by atoms with E-state index in [1.807, 2.05) is 12.1 Å². The largest absolute Gasteiger partial charge is 0.378 e. The van der Waals surface area contributed by atoms with Crippen LogP contribution < -0.4 is 15.1 Å². The van der Waals surface area contributed by atoms with Crippen molar-refractivity contribution in [1.82, 2.24) is 25.2 Å². The smallest absolute Gasteiger partial charge is 0.270 e. The lowest BCUT2D eigenvalue weighted by Crippen LogP contribution is -2.44. The van der Waals surface area contributed by atoms with Crippen molar-refractivity contribution in [2.75, 3.05) is 69.3 Å². The van der Waals surface area contributed by atoms with Crippen molar-refractivity contribution in [2.45, 2.75) is 6.54 Å². The first-order chi connectivity index (χ1) is 14.2. The first-order valence-corrected chi connectivity index (χ1v) is 10.0. The third kappa shape index (κ3) is 4.99. The van der Waals surface area contributed by atoms with Gasteiger partial charge in [0.2, 0.25) is 0 Å². The van der Waals surface area contributed by atoms with Crippen LogP contribution in [0.2, 0.25) is 0 Å². The van der Waals surface area contributed by atoms with Gasteiger partial charge in [-0.2, -0.15) is 0 Å². The van der Waals surface area contributed by atoms with E-state index < -0.39 is 0 Å². The van der Waals surface area contributed by atoms with Crippen LogP contribution in [0.5, 0.6) is 0 Å². The number of nitrogens with zero attached hydrogens (tertiary/aromatic N) is 6. The Labute approximate surface area is 170 Å². The van der Waals surface area contributed by atoms with Crippen LogP contribution in [-0.4, -0.2) is 85.3 Å². The van der Waals surface area contributed by atoms with E-state index in [0.717, 1.165) is 56.5 Å². The molecule has 0 aromatic carbocycles. The zero-order valence-electron chi connectivity index (χ0n) is 16.8. The maximum absolute atomic E-state index is 12.6. The minimum Gasteiger partial charge on any atom is -0.378 e. The maximum Gasteiger partial charge on any atom is 0.270 e. The van der Waals surface area contributed by atoms with Gasteiger partial charge in [0.15, 0.2) is 0 Å². The Morgan fingerprint density at radius 1 is 1.00 bits per heavy atom. The predicted octanol–water partition coefficient (Wildman–Crippen LogP) is 0.390. The summed E-state index contributed by atoms with van der Waals surface area (Å²) in [4.78, 5) is 32.2. The molecule has 0 spiro atoms. The van der Waals surface area contributed by atoms with Gasteiger partial charge < -0.3 is 24.8 Å². The Bertz CT molecular complexity index is 833. The number of carbonyl (C=O) groups excluding carboxylic acids is 1. The first kappa shape index (κ1) is 19.5. The van der Waals surface area contributed by atoms with Crippen molar-refractivity contribution in [3.05, 3.63) is 42.0 Å². The molecule has 29 heavy (non-hydrogen) atoms. The summed E-state index contributed by atoms with van der Waals surface area (Å²) in [6.07, 6.45) is 3.24. The lowest BCUT2D eigenvalue weighted by atomic mass is 10.2. The van der Waals surface area contributed by atoms with Crippen molar-refractivity contribution in [3.63, 3.8) is 0 Å². The van der Waals surface area contributed by atoms with E-state index in [1.54, 1.807) is 12.3 Å². The minimum atomic E-state index is -0.201. The lowest BCUT2D eigenvalue weighted by Gasteiger charge is -2.33. The Kier molecular flexibility index (Phi) is 6.16. The van der Waals surface area contributed by atoms with Gasteiger partial charge in [0.1, 0.15) is 23.7 Å². The van der Waals surface area contributed by atoms with E-state index in [0.29, 0.717) is 25.5 Å². The summed E-state index contributed by atoms with van der Waals surface area (Å²) in [7, 11) is 2.11. The average molecular weight is 397 g/mol. The first-order valence-electron chi connectivity index (χ1n) is 10.0. The highest BCUT2D eigenvalue weighted by molar-refractivity contribution is 5.92. The molecule has 4 heterocycles. The maximum atomic E-state index is 12.6. The average Bonchev–Trinajstić information content (AvgIpc) is 2.79. The van der Waals surface area contributed by atoms with E-state index in [-0.39, 0.29) is 5.91 Å². The molecule has 9 nitrogen and oxygen atoms in total. The molecule has 0 saturated carbocycles. The number of hydrogen-bond donors (Lipinski definition) is 1. The molecule has 1 amide bonds. The normalized spacial score (nSPS) is 18.0. The molecule has 2 aromatic rings. The molecule has 1 N–H and O–H groups in total. The lowest BCUT2D eigenvalue weighted by molar-refractivity contribution is 0.0945. The summed E-state index contributed by atoms with van der Waals surface area (Å²) in [5.41, 5.74) is 1.39. The van der Waals surface area contributed by atoms with Gasteiger partial charge in [0, 0.05) is 58.1 Å². The standard InChI is InChI=1S/C20H27N7O2/c1-25-4-6-26(7-5-25)19-13-17(23-15-24-19)20(28)22-14-16-2-3-21-18(12-16)27-8-10-29-11-9-27/h2-3,12-13,15H,4-11,14H2,1H3,(H,22,28). The highest BCUT2D eigenvalue weighted by Crippen LogP contribution is 2.15. The van der Waals surface area contributed by atoms with Crippen molar-refractivity contribution >= 4 is 17.5 Å². The van der Waals surface area contributed by atoms with Crippen LogP contribution in [0.25, 0.3) is 0 Å². The number of likely N-dealkylation sites (N-methyl/N-ethyl adjacent to an activating group) is 1. The van der Waals surface area contributed by atoms with Crippen LogP contribution in [0.1, 0.15) is 16.1 Å². The number of piperazine rings is 1. The second kappa shape index (κ2) is 9.15. The number of morpholine rings is 1. The minimum absolute atomic E-state index is 0.201. The van der Waals surface area contributed by atoms with Gasteiger partial charge in [-0.25, -0.2) is 15.0 Å². The molecule has 0 unspecified atom stereocenters. The summed E-state index contributed by atoms with van der Waals surface area (Å²) in [6, 6.07) is 5.70. The molecule has 4 rings (SSSR count). The predicted molar refractivity (Wildman–Crippen MR) is 110 cm³/mol. The van der Waals surface area contributed by atoms with Crippen molar-refractivity contribution in [1.29, 1.82) is 0 Å². The van der Waals surface area contributed by atoms with E-state index >= 15 is 0 Å². The molecule has 0 aliphatic carbocycles. The van der Waals surface area contributed by atoms with E-state index in [4.69, 9.17) is 4.74 Å². The number of aromatic nitrogens is 3. The van der Waals surface area contributed by atoms with Crippen LogP contribution >= 0.6 is 0 Å². The molecule has 2 aliphatic heterocycles. The number of rotatable bonds is 5.